The van der Waals surface area contributed by atoms with Gasteiger partial charge in [-0.3, -0.25) is 0 Å². The Morgan fingerprint density at radius 3 is 2.12 bits per heavy atom. The van der Waals surface area contributed by atoms with E-state index in [0.29, 0.717) is 0 Å². The van der Waals surface area contributed by atoms with Gasteiger partial charge in [0, 0.05) is 4.83 Å². The van der Waals surface area contributed by atoms with Gasteiger partial charge < -0.3 is 0 Å². The van der Waals surface area contributed by atoms with Crippen molar-refractivity contribution in [3.8, 4) is 0 Å². The van der Waals surface area contributed by atoms with Crippen molar-refractivity contribution in [2.24, 2.45) is 0 Å². The van der Waals surface area contributed by atoms with Crippen LogP contribution in [0.2, 0.25) is 0 Å². The van der Waals surface area contributed by atoms with E-state index in [0.717, 1.165) is 0 Å². The molecule has 8 heavy (non-hydrogen) atoms. The van der Waals surface area contributed by atoms with Gasteiger partial charge in [0.15, 0.2) is 0 Å². The molecule has 3 heteroatoms. The predicted molar refractivity (Wildman–Crippen MR) is 38.3 cm³/mol. The van der Waals surface area contributed by atoms with Crippen LogP contribution < -0.4 is 0 Å². The zero-order chi connectivity index (χ0) is 6.73. The van der Waals surface area contributed by atoms with Crippen molar-refractivity contribution < 1.29 is 4.39 Å². The zero-order valence-corrected chi connectivity index (χ0v) is 6.91. The van der Waals surface area contributed by atoms with E-state index < -0.39 is 11.5 Å². The van der Waals surface area contributed by atoms with Crippen molar-refractivity contribution in [2.75, 3.05) is 0 Å². The Hall–Kier alpha value is 0.700. The van der Waals surface area contributed by atoms with Gasteiger partial charge in [0.1, 0.15) is 6.17 Å². The van der Waals surface area contributed by atoms with E-state index in [2.05, 4.69) is 22.9 Å². The van der Waals surface area contributed by atoms with E-state index in [1.807, 2.05) is 0 Å². The molecule has 0 aliphatic heterocycles. The van der Waals surface area contributed by atoms with E-state index in [4.69, 9.17) is 11.6 Å². The molecule has 3 unspecified atom stereocenters. The highest BCUT2D eigenvalue weighted by molar-refractivity contribution is 9.09. The molecule has 0 aromatic heterocycles. The first kappa shape index (κ1) is 8.70. The molecule has 49 valence electrons. The lowest BCUT2D eigenvalue weighted by Crippen LogP contribution is -2.21. The van der Waals surface area contributed by atoms with Crippen LogP contribution in [0.1, 0.15) is 6.92 Å². The van der Waals surface area contributed by atoms with Crippen LogP contribution in [0.4, 0.5) is 4.39 Å². The molecule has 0 aliphatic rings. The Morgan fingerprint density at radius 2 is 2.12 bits per heavy atom. The Labute approximate surface area is 62.5 Å². The molecule has 0 rings (SSSR count). The van der Waals surface area contributed by atoms with E-state index in [9.17, 15) is 4.39 Å². The maximum Gasteiger partial charge on any atom is 0.129 e. The molecule has 0 heterocycles. The number of rotatable bonds is 2. The highest BCUT2D eigenvalue weighted by atomic mass is 79.9. The molecule has 0 saturated heterocycles. The molecule has 0 aliphatic carbocycles. The molecule has 0 amide bonds. The van der Waals surface area contributed by atoms with Gasteiger partial charge in [0.25, 0.3) is 0 Å². The van der Waals surface area contributed by atoms with Crippen molar-refractivity contribution in [1.82, 2.24) is 0 Å². The van der Waals surface area contributed by atoms with Gasteiger partial charge in [0.05, 0.1) is 5.38 Å². The Kier molecular flexibility index (Phi) is 4.00. The summed E-state index contributed by atoms with van der Waals surface area (Å²) in [5.74, 6) is 0. The standard InChI is InChI=1S/C5H8BrClF/c1-3(6)5(8)4(2)7/h3-5H,2H2,1H3. The van der Waals surface area contributed by atoms with E-state index in [-0.39, 0.29) is 4.83 Å². The van der Waals surface area contributed by atoms with Gasteiger partial charge in [0.2, 0.25) is 0 Å². The molecule has 3 atom stereocenters. The second-order valence-corrected chi connectivity index (χ2v) is 3.64. The third-order valence-corrected chi connectivity index (χ3v) is 1.53. The summed E-state index contributed by atoms with van der Waals surface area (Å²) in [4.78, 5) is -0.206. The molecular formula is C5H8BrClF. The number of hydrogen-bond donors (Lipinski definition) is 0. The topological polar surface area (TPSA) is 0 Å². The molecule has 0 spiro atoms. The fraction of sp³-hybridized carbons (Fsp3) is 0.800. The van der Waals surface area contributed by atoms with Gasteiger partial charge >= 0.3 is 0 Å². The van der Waals surface area contributed by atoms with Crippen LogP contribution >= 0.6 is 27.5 Å². The van der Waals surface area contributed by atoms with Crippen molar-refractivity contribution in [3.63, 3.8) is 0 Å². The lowest BCUT2D eigenvalue weighted by Gasteiger charge is -2.11. The minimum Gasteiger partial charge on any atom is -0.245 e. The van der Waals surface area contributed by atoms with Crippen LogP contribution in [0.3, 0.4) is 0 Å². The first-order chi connectivity index (χ1) is 3.55. The summed E-state index contributed by atoms with van der Waals surface area (Å²) in [7, 11) is 0. The normalized spacial score (nSPS) is 22.1. The van der Waals surface area contributed by atoms with E-state index >= 15 is 0 Å². The minimum atomic E-state index is -1.06. The van der Waals surface area contributed by atoms with E-state index in [1.54, 1.807) is 6.92 Å². The highest BCUT2D eigenvalue weighted by Crippen LogP contribution is 2.15. The second-order valence-electron chi connectivity index (χ2n) is 1.64. The van der Waals surface area contributed by atoms with Crippen LogP contribution in [0.25, 0.3) is 0 Å². The maximum absolute atomic E-state index is 12.4. The average Bonchev–Trinajstić information content (AvgIpc) is 1.64. The first-order valence-electron chi connectivity index (χ1n) is 2.31. The average molecular weight is 202 g/mol. The van der Waals surface area contributed by atoms with Gasteiger partial charge in [-0.2, -0.15) is 0 Å². The fourth-order valence-corrected chi connectivity index (χ4v) is 1.05. The highest BCUT2D eigenvalue weighted by Gasteiger charge is 2.18. The number of alkyl halides is 3. The largest absolute Gasteiger partial charge is 0.245 e. The fourth-order valence-electron chi connectivity index (χ4n) is 0.288. The Balaban J connectivity index is 3.46. The number of halogens is 3. The predicted octanol–water partition coefficient (Wildman–Crippen LogP) is 2.55. The third kappa shape index (κ3) is 2.88. The lowest BCUT2D eigenvalue weighted by molar-refractivity contribution is 0.341. The smallest absolute Gasteiger partial charge is 0.129 e. The molecular weight excluding hydrogens is 194 g/mol. The Bertz CT molecular complexity index is 57.4. The van der Waals surface area contributed by atoms with E-state index in [1.165, 1.54) is 0 Å². The maximum atomic E-state index is 12.4. The molecule has 0 nitrogen and oxygen atoms in total. The second kappa shape index (κ2) is 3.67. The summed E-state index contributed by atoms with van der Waals surface area (Å²) in [5, 5.41) is -0.649. The third-order valence-electron chi connectivity index (χ3n) is 0.784. The molecule has 1 radical (unpaired) electrons. The lowest BCUT2D eigenvalue weighted by atomic mass is 10.2. The molecule has 0 aromatic rings. The van der Waals surface area contributed by atoms with Gasteiger partial charge in [-0.25, -0.2) is 4.39 Å². The molecule has 0 saturated carbocycles. The van der Waals surface area contributed by atoms with Crippen LogP contribution in [0, 0.1) is 6.92 Å². The van der Waals surface area contributed by atoms with Crippen molar-refractivity contribution in [1.29, 1.82) is 0 Å². The summed E-state index contributed by atoms with van der Waals surface area (Å²) in [6, 6.07) is 0. The van der Waals surface area contributed by atoms with Crippen molar-refractivity contribution in [3.05, 3.63) is 6.92 Å². The summed E-state index contributed by atoms with van der Waals surface area (Å²) in [6.07, 6.45) is -1.06. The first-order valence-corrected chi connectivity index (χ1v) is 3.66. The van der Waals surface area contributed by atoms with Gasteiger partial charge in [-0.15, -0.1) is 11.6 Å². The summed E-state index contributed by atoms with van der Waals surface area (Å²) >= 11 is 8.35. The van der Waals surface area contributed by atoms with Crippen molar-refractivity contribution >= 4 is 27.5 Å². The van der Waals surface area contributed by atoms with Crippen LogP contribution in [-0.4, -0.2) is 16.4 Å². The summed E-state index contributed by atoms with van der Waals surface area (Å²) < 4.78 is 12.4. The van der Waals surface area contributed by atoms with Gasteiger partial charge in [-0.05, 0) is 13.8 Å². The molecule has 0 fully saturated rings. The summed E-state index contributed by atoms with van der Waals surface area (Å²) in [5.41, 5.74) is 0. The monoisotopic (exact) mass is 201 g/mol. The Morgan fingerprint density at radius 1 is 1.75 bits per heavy atom. The zero-order valence-electron chi connectivity index (χ0n) is 4.57. The number of hydrogen-bond acceptors (Lipinski definition) is 0. The van der Waals surface area contributed by atoms with Crippen LogP contribution in [0.15, 0.2) is 0 Å². The molecule has 0 bridgehead atoms. The quantitative estimate of drug-likeness (QED) is 0.604. The molecule has 0 N–H and O–H groups in total. The molecule has 0 aromatic carbocycles. The summed E-state index contributed by atoms with van der Waals surface area (Å²) in [6.45, 7) is 5.02. The van der Waals surface area contributed by atoms with Crippen LogP contribution in [0.5, 0.6) is 0 Å². The van der Waals surface area contributed by atoms with Crippen LogP contribution in [-0.2, 0) is 0 Å². The SMILES string of the molecule is [CH2]C(Cl)C(F)C(C)Br. The minimum absolute atomic E-state index is 0.206. The van der Waals surface area contributed by atoms with Crippen molar-refractivity contribution in [2.45, 2.75) is 23.3 Å². The van der Waals surface area contributed by atoms with Gasteiger partial charge in [-0.1, -0.05) is 15.9 Å².